The second-order valence-electron chi connectivity index (χ2n) is 8.59. The first-order valence-corrected chi connectivity index (χ1v) is 10.8. The summed E-state index contributed by atoms with van der Waals surface area (Å²) in [6, 6.07) is 6.37. The van der Waals surface area contributed by atoms with Gasteiger partial charge in [-0.25, -0.2) is 0 Å². The molecule has 154 valence electrons. The van der Waals surface area contributed by atoms with E-state index in [0.29, 0.717) is 12.6 Å². The number of benzene rings is 1. The van der Waals surface area contributed by atoms with Gasteiger partial charge in [0.15, 0.2) is 12.6 Å². The van der Waals surface area contributed by atoms with E-state index in [9.17, 15) is 9.59 Å². The molecule has 6 nitrogen and oxygen atoms in total. The molecule has 1 aliphatic carbocycles. The number of carbonyl (C=O) groups excluding carboxylic acids is 2. The molecule has 2 aliphatic rings. The van der Waals surface area contributed by atoms with E-state index >= 15 is 0 Å². The van der Waals surface area contributed by atoms with Gasteiger partial charge in [0.25, 0.3) is 11.8 Å². The molecular weight excluding hydrogens is 352 g/mol. The average molecular weight is 389 g/mol. The minimum atomic E-state index is -0.00841. The van der Waals surface area contributed by atoms with Crippen LogP contribution in [0, 0.1) is 13.8 Å². The predicted molar refractivity (Wildman–Crippen MR) is 111 cm³/mol. The van der Waals surface area contributed by atoms with Crippen LogP contribution in [-0.4, -0.2) is 56.6 Å². The van der Waals surface area contributed by atoms with E-state index in [1.165, 1.54) is 28.2 Å². The van der Waals surface area contributed by atoms with Crippen LogP contribution in [0.2, 0.25) is 0 Å². The Bertz CT molecular complexity index is 692. The maximum absolute atomic E-state index is 12.5. The Kier molecular flexibility index (Phi) is 7.08. The number of anilines is 1. The summed E-state index contributed by atoms with van der Waals surface area (Å²) in [5.74, 6) is 0.261. The summed E-state index contributed by atoms with van der Waals surface area (Å²) in [5.41, 5.74) is 3.22. The zero-order valence-corrected chi connectivity index (χ0v) is 17.6. The fraction of sp³-hybridized carbons (Fsp3) is 0.636. The van der Waals surface area contributed by atoms with Crippen molar-refractivity contribution < 1.29 is 19.4 Å². The number of amides is 2. The zero-order chi connectivity index (χ0) is 20.1. The molecule has 1 heterocycles. The molecular formula is C22H36N4O2+2. The van der Waals surface area contributed by atoms with Gasteiger partial charge in [-0.05, 0) is 50.8 Å². The molecule has 0 aromatic heterocycles. The summed E-state index contributed by atoms with van der Waals surface area (Å²) < 4.78 is 0. The summed E-state index contributed by atoms with van der Waals surface area (Å²) in [4.78, 5) is 27.6. The molecule has 0 radical (unpaired) electrons. The number of piperazine rings is 1. The molecule has 1 saturated carbocycles. The van der Waals surface area contributed by atoms with E-state index < -0.39 is 0 Å². The van der Waals surface area contributed by atoms with Gasteiger partial charge in [-0.3, -0.25) is 9.59 Å². The van der Waals surface area contributed by atoms with Crippen LogP contribution in [0.5, 0.6) is 0 Å². The van der Waals surface area contributed by atoms with Gasteiger partial charge in [0.2, 0.25) is 0 Å². The van der Waals surface area contributed by atoms with Gasteiger partial charge in [-0.15, -0.1) is 0 Å². The van der Waals surface area contributed by atoms with Crippen molar-refractivity contribution in [1.29, 1.82) is 0 Å². The number of carbonyl (C=O) groups is 2. The summed E-state index contributed by atoms with van der Waals surface area (Å²) in [6.45, 7) is 10.4. The highest BCUT2D eigenvalue weighted by Gasteiger charge is 2.32. The summed E-state index contributed by atoms with van der Waals surface area (Å²) in [6.07, 6.45) is 4.72. The Balaban J connectivity index is 1.42. The molecule has 3 rings (SSSR count). The van der Waals surface area contributed by atoms with E-state index in [4.69, 9.17) is 0 Å². The smallest absolute Gasteiger partial charge is 0.279 e. The minimum Gasteiger partial charge on any atom is -0.348 e. The van der Waals surface area contributed by atoms with Crippen molar-refractivity contribution >= 4 is 17.5 Å². The fourth-order valence-electron chi connectivity index (χ4n) is 4.42. The largest absolute Gasteiger partial charge is 0.348 e. The van der Waals surface area contributed by atoms with Crippen molar-refractivity contribution in [3.8, 4) is 0 Å². The first-order valence-electron chi connectivity index (χ1n) is 10.8. The Morgan fingerprint density at radius 2 is 1.79 bits per heavy atom. The van der Waals surface area contributed by atoms with Crippen LogP contribution < -0.4 is 20.4 Å². The van der Waals surface area contributed by atoms with Crippen molar-refractivity contribution in [2.45, 2.75) is 58.5 Å². The van der Waals surface area contributed by atoms with Gasteiger partial charge in [0.1, 0.15) is 26.2 Å². The Hall–Kier alpha value is -1.92. The second kappa shape index (κ2) is 9.52. The van der Waals surface area contributed by atoms with Crippen molar-refractivity contribution in [3.63, 3.8) is 0 Å². The van der Waals surface area contributed by atoms with Crippen molar-refractivity contribution in [2.24, 2.45) is 0 Å². The van der Waals surface area contributed by atoms with Crippen LogP contribution in [0.4, 0.5) is 5.69 Å². The van der Waals surface area contributed by atoms with E-state index in [-0.39, 0.29) is 17.9 Å². The topological polar surface area (TPSA) is 67.1 Å². The highest BCUT2D eigenvalue weighted by atomic mass is 16.2. The molecule has 1 atom stereocenters. The monoisotopic (exact) mass is 388 g/mol. The maximum atomic E-state index is 12.5. The first kappa shape index (κ1) is 20.8. The van der Waals surface area contributed by atoms with Crippen molar-refractivity contribution in [3.05, 3.63) is 29.3 Å². The number of hydrogen-bond donors (Lipinski definition) is 4. The van der Waals surface area contributed by atoms with E-state index in [2.05, 4.69) is 23.6 Å². The molecule has 1 saturated heterocycles. The molecule has 0 bridgehead atoms. The molecule has 2 amide bonds. The van der Waals surface area contributed by atoms with Crippen LogP contribution >= 0.6 is 0 Å². The first-order chi connectivity index (χ1) is 13.4. The number of rotatable bonds is 6. The van der Waals surface area contributed by atoms with Gasteiger partial charge in [0, 0.05) is 11.7 Å². The SMILES string of the molecule is Cc1cccc(NC(=O)C[NH+]2CC[NH+]([C@H](C)C(=O)NC3CCCC3)CC2)c1C. The van der Waals surface area contributed by atoms with E-state index in [1.807, 2.05) is 26.0 Å². The molecule has 1 aliphatic heterocycles. The average Bonchev–Trinajstić information content (AvgIpc) is 3.18. The minimum absolute atomic E-state index is 0.00841. The quantitative estimate of drug-likeness (QED) is 0.530. The third kappa shape index (κ3) is 5.32. The number of quaternary nitrogens is 2. The third-order valence-corrected chi connectivity index (χ3v) is 6.60. The molecule has 1 aromatic rings. The van der Waals surface area contributed by atoms with Gasteiger partial charge in [-0.1, -0.05) is 25.0 Å². The Morgan fingerprint density at radius 3 is 2.46 bits per heavy atom. The fourth-order valence-corrected chi connectivity index (χ4v) is 4.42. The predicted octanol–water partition coefficient (Wildman–Crippen LogP) is -0.527. The number of aryl methyl sites for hydroxylation is 1. The number of nitrogens with one attached hydrogen (secondary N) is 4. The lowest BCUT2D eigenvalue weighted by Crippen LogP contribution is -3.30. The normalized spacial score (nSPS) is 24.0. The standard InChI is InChI=1S/C22H34N4O2/c1-16-7-6-10-20(17(16)2)24-21(27)15-25-11-13-26(14-12-25)18(3)22(28)23-19-8-4-5-9-19/h6-7,10,18-19H,4-5,8-9,11-15H2,1-3H3,(H,23,28)(H,24,27)/p+2/t18-/m1/s1. The van der Waals surface area contributed by atoms with Gasteiger partial charge in [0.05, 0.1) is 0 Å². The zero-order valence-electron chi connectivity index (χ0n) is 17.6. The van der Waals surface area contributed by atoms with Gasteiger partial charge in [-0.2, -0.15) is 0 Å². The summed E-state index contributed by atoms with van der Waals surface area (Å²) in [5, 5.41) is 6.29. The van der Waals surface area contributed by atoms with Crippen LogP contribution in [0.3, 0.4) is 0 Å². The summed E-state index contributed by atoms with van der Waals surface area (Å²) in [7, 11) is 0. The second-order valence-corrected chi connectivity index (χ2v) is 8.59. The molecule has 1 aromatic carbocycles. The Labute approximate surface area is 168 Å². The molecule has 6 heteroatoms. The lowest BCUT2D eigenvalue weighted by molar-refractivity contribution is -1.01. The van der Waals surface area contributed by atoms with Crippen molar-refractivity contribution in [1.82, 2.24) is 5.32 Å². The van der Waals surface area contributed by atoms with E-state index in [0.717, 1.165) is 50.3 Å². The molecule has 2 fully saturated rings. The van der Waals surface area contributed by atoms with Crippen LogP contribution in [0.15, 0.2) is 18.2 Å². The number of hydrogen-bond acceptors (Lipinski definition) is 2. The molecule has 0 unspecified atom stereocenters. The van der Waals surface area contributed by atoms with Crippen molar-refractivity contribution in [2.75, 3.05) is 38.0 Å². The van der Waals surface area contributed by atoms with Gasteiger partial charge >= 0.3 is 0 Å². The van der Waals surface area contributed by atoms with Crippen LogP contribution in [0.1, 0.15) is 43.7 Å². The third-order valence-electron chi connectivity index (χ3n) is 6.60. The Morgan fingerprint density at radius 1 is 1.11 bits per heavy atom. The van der Waals surface area contributed by atoms with Crippen LogP contribution in [0.25, 0.3) is 0 Å². The molecule has 4 N–H and O–H groups in total. The lowest BCUT2D eigenvalue weighted by Gasteiger charge is -2.32. The maximum Gasteiger partial charge on any atom is 0.279 e. The molecule has 0 spiro atoms. The van der Waals surface area contributed by atoms with Gasteiger partial charge < -0.3 is 20.4 Å². The van der Waals surface area contributed by atoms with Crippen LogP contribution in [-0.2, 0) is 9.59 Å². The lowest BCUT2D eigenvalue weighted by atomic mass is 10.1. The highest BCUT2D eigenvalue weighted by Crippen LogP contribution is 2.18. The summed E-state index contributed by atoms with van der Waals surface area (Å²) >= 11 is 0. The highest BCUT2D eigenvalue weighted by molar-refractivity contribution is 5.92. The van der Waals surface area contributed by atoms with E-state index in [1.54, 1.807) is 0 Å². The molecule has 28 heavy (non-hydrogen) atoms.